The lowest BCUT2D eigenvalue weighted by Crippen LogP contribution is -2.38. The average molecular weight is 337 g/mol. The van der Waals surface area contributed by atoms with Crippen molar-refractivity contribution in [2.75, 3.05) is 17.2 Å². The van der Waals surface area contributed by atoms with Gasteiger partial charge in [-0.3, -0.25) is 19.3 Å². The van der Waals surface area contributed by atoms with E-state index in [1.54, 1.807) is 0 Å². The van der Waals surface area contributed by atoms with Gasteiger partial charge in [0.05, 0.1) is 11.4 Å². The molecule has 1 rings (SSSR count). The summed E-state index contributed by atoms with van der Waals surface area (Å²) >= 11 is 0.963. The zero-order valence-corrected chi connectivity index (χ0v) is 14.6. The third-order valence-electron chi connectivity index (χ3n) is 3.39. The van der Waals surface area contributed by atoms with E-state index >= 15 is 0 Å². The predicted octanol–water partition coefficient (Wildman–Crippen LogP) is 3.17. The lowest BCUT2D eigenvalue weighted by molar-refractivity contribution is -0.136. The molecule has 0 radical (unpaired) electrons. The second-order valence-corrected chi connectivity index (χ2v) is 6.41. The molecule has 1 amide bonds. The van der Waals surface area contributed by atoms with E-state index in [1.165, 1.54) is 4.90 Å². The summed E-state index contributed by atoms with van der Waals surface area (Å²) in [7, 11) is 0. The van der Waals surface area contributed by atoms with Crippen molar-refractivity contribution in [3.05, 3.63) is 29.3 Å². The highest BCUT2D eigenvalue weighted by Crippen LogP contribution is 2.25. The van der Waals surface area contributed by atoms with Gasteiger partial charge in [0.25, 0.3) is 0 Å². The number of aryl methyl sites for hydroxylation is 2. The van der Waals surface area contributed by atoms with Crippen LogP contribution in [0.4, 0.5) is 5.69 Å². The van der Waals surface area contributed by atoms with E-state index in [9.17, 15) is 14.4 Å². The van der Waals surface area contributed by atoms with Crippen molar-refractivity contribution in [2.45, 2.75) is 40.0 Å². The topological polar surface area (TPSA) is 74.7 Å². The number of hydrogen-bond donors (Lipinski definition) is 1. The van der Waals surface area contributed by atoms with Gasteiger partial charge in [0.1, 0.15) is 6.54 Å². The van der Waals surface area contributed by atoms with E-state index in [0.29, 0.717) is 12.1 Å². The van der Waals surface area contributed by atoms with Gasteiger partial charge < -0.3 is 5.11 Å². The first-order chi connectivity index (χ1) is 10.9. The van der Waals surface area contributed by atoms with Gasteiger partial charge in [-0.05, 0) is 31.4 Å². The van der Waals surface area contributed by atoms with Crippen LogP contribution in [0, 0.1) is 13.8 Å². The van der Waals surface area contributed by atoms with Crippen LogP contribution in [0.3, 0.4) is 0 Å². The van der Waals surface area contributed by atoms with E-state index in [-0.39, 0.29) is 16.8 Å². The summed E-state index contributed by atoms with van der Waals surface area (Å²) in [6, 6.07) is 5.54. The number of unbranched alkanes of at least 4 members (excludes halogenated alkanes) is 1. The van der Waals surface area contributed by atoms with Crippen molar-refractivity contribution in [3.8, 4) is 0 Å². The second-order valence-electron chi connectivity index (χ2n) is 5.38. The number of hydrogen-bond acceptors (Lipinski definition) is 4. The molecule has 5 nitrogen and oxygen atoms in total. The van der Waals surface area contributed by atoms with Gasteiger partial charge in [-0.1, -0.05) is 43.3 Å². The Labute approximate surface area is 141 Å². The zero-order valence-electron chi connectivity index (χ0n) is 13.8. The molecule has 0 aliphatic carbocycles. The summed E-state index contributed by atoms with van der Waals surface area (Å²) in [5.74, 6) is -1.48. The van der Waals surface area contributed by atoms with Crippen LogP contribution >= 0.6 is 11.8 Å². The molecule has 23 heavy (non-hydrogen) atoms. The summed E-state index contributed by atoms with van der Waals surface area (Å²) in [6.45, 7) is 5.26. The predicted molar refractivity (Wildman–Crippen MR) is 92.9 cm³/mol. The largest absolute Gasteiger partial charge is 0.480 e. The van der Waals surface area contributed by atoms with Crippen molar-refractivity contribution in [2.24, 2.45) is 0 Å². The van der Waals surface area contributed by atoms with Crippen LogP contribution in [-0.2, 0) is 14.4 Å². The minimum atomic E-state index is -1.08. The van der Waals surface area contributed by atoms with E-state index in [4.69, 9.17) is 5.11 Å². The van der Waals surface area contributed by atoms with Gasteiger partial charge in [0, 0.05) is 6.42 Å². The Kier molecular flexibility index (Phi) is 7.81. The molecule has 0 aliphatic rings. The fraction of sp³-hybridized carbons (Fsp3) is 0.471. The first kappa shape index (κ1) is 19.2. The van der Waals surface area contributed by atoms with Gasteiger partial charge in [-0.15, -0.1) is 0 Å². The molecular formula is C17H23NO4S. The minimum absolute atomic E-state index is 0.0306. The maximum absolute atomic E-state index is 12.5. The second kappa shape index (κ2) is 9.35. The monoisotopic (exact) mass is 337 g/mol. The number of thioether (sulfide) groups is 1. The number of carboxylic acid groups (broad SMARTS) is 1. The van der Waals surface area contributed by atoms with Gasteiger partial charge in [0.15, 0.2) is 5.12 Å². The molecule has 0 spiro atoms. The number of rotatable bonds is 8. The summed E-state index contributed by atoms with van der Waals surface area (Å²) in [6.07, 6.45) is 2.17. The molecule has 0 unspecified atom stereocenters. The molecule has 1 N–H and O–H groups in total. The quantitative estimate of drug-likeness (QED) is 0.788. The van der Waals surface area contributed by atoms with Crippen molar-refractivity contribution in [1.29, 1.82) is 0 Å². The van der Waals surface area contributed by atoms with Gasteiger partial charge >= 0.3 is 5.97 Å². The normalized spacial score (nSPS) is 10.4. The Balaban J connectivity index is 2.88. The number of carbonyl (C=O) groups is 3. The Bertz CT molecular complexity index is 566. The maximum Gasteiger partial charge on any atom is 0.323 e. The van der Waals surface area contributed by atoms with E-state index < -0.39 is 12.5 Å². The van der Waals surface area contributed by atoms with Crippen LogP contribution in [0.25, 0.3) is 0 Å². The number of para-hydroxylation sites is 1. The zero-order chi connectivity index (χ0) is 17.4. The third kappa shape index (κ3) is 6.06. The Morgan fingerprint density at radius 3 is 2.30 bits per heavy atom. The summed E-state index contributed by atoms with van der Waals surface area (Å²) in [4.78, 5) is 36.5. The number of carboxylic acids is 1. The van der Waals surface area contributed by atoms with E-state index in [2.05, 4.69) is 0 Å². The van der Waals surface area contributed by atoms with Crippen molar-refractivity contribution in [1.82, 2.24) is 0 Å². The SMILES string of the molecule is CCCCC(=O)SCC(=O)N(CC(=O)O)c1c(C)cccc1C. The summed E-state index contributed by atoms with van der Waals surface area (Å²) < 4.78 is 0. The number of carbonyl (C=O) groups excluding carboxylic acids is 2. The Hall–Kier alpha value is -1.82. The van der Waals surface area contributed by atoms with Gasteiger partial charge in [-0.25, -0.2) is 0 Å². The first-order valence-electron chi connectivity index (χ1n) is 7.60. The highest BCUT2D eigenvalue weighted by Gasteiger charge is 2.22. The van der Waals surface area contributed by atoms with Gasteiger partial charge in [0.2, 0.25) is 5.91 Å². The maximum atomic E-state index is 12.5. The third-order valence-corrected chi connectivity index (χ3v) is 4.31. The van der Waals surface area contributed by atoms with Crippen LogP contribution in [-0.4, -0.2) is 34.4 Å². The lowest BCUT2D eigenvalue weighted by Gasteiger charge is -2.24. The number of benzene rings is 1. The Morgan fingerprint density at radius 2 is 1.78 bits per heavy atom. The van der Waals surface area contributed by atoms with Crippen LogP contribution in [0.15, 0.2) is 18.2 Å². The lowest BCUT2D eigenvalue weighted by atomic mass is 10.1. The number of anilines is 1. The molecule has 0 aromatic heterocycles. The van der Waals surface area contributed by atoms with Crippen LogP contribution in [0.1, 0.15) is 37.3 Å². The minimum Gasteiger partial charge on any atom is -0.480 e. The summed E-state index contributed by atoms with van der Waals surface area (Å²) in [5.41, 5.74) is 2.28. The summed E-state index contributed by atoms with van der Waals surface area (Å²) in [5, 5.41) is 9.07. The first-order valence-corrected chi connectivity index (χ1v) is 8.59. The molecule has 0 heterocycles. The number of aliphatic carboxylic acids is 1. The fourth-order valence-corrected chi connectivity index (χ4v) is 3.00. The highest BCUT2D eigenvalue weighted by molar-refractivity contribution is 8.14. The molecule has 6 heteroatoms. The van der Waals surface area contributed by atoms with Crippen LogP contribution in [0.2, 0.25) is 0 Å². The smallest absolute Gasteiger partial charge is 0.323 e. The molecule has 0 bridgehead atoms. The Morgan fingerprint density at radius 1 is 1.17 bits per heavy atom. The molecule has 126 valence electrons. The number of nitrogens with zero attached hydrogens (tertiary/aromatic N) is 1. The van der Waals surface area contributed by atoms with Crippen LogP contribution < -0.4 is 4.90 Å². The molecule has 0 atom stereocenters. The standard InChI is InChI=1S/C17H23NO4S/c1-4-5-9-16(22)23-11-14(19)18(10-15(20)21)17-12(2)7-6-8-13(17)3/h6-8H,4-5,9-11H2,1-3H3,(H,20,21). The van der Waals surface area contributed by atoms with Crippen LogP contribution in [0.5, 0.6) is 0 Å². The molecule has 1 aromatic rings. The molecule has 0 fully saturated rings. The fourth-order valence-electron chi connectivity index (χ4n) is 2.27. The van der Waals surface area contributed by atoms with E-state index in [1.807, 2.05) is 39.0 Å². The highest BCUT2D eigenvalue weighted by atomic mass is 32.2. The average Bonchev–Trinajstić information content (AvgIpc) is 2.48. The molecule has 0 saturated carbocycles. The van der Waals surface area contributed by atoms with Crippen molar-refractivity contribution >= 4 is 34.4 Å². The molecule has 0 saturated heterocycles. The molecule has 1 aromatic carbocycles. The van der Waals surface area contributed by atoms with Gasteiger partial charge in [-0.2, -0.15) is 0 Å². The number of amides is 1. The van der Waals surface area contributed by atoms with Crippen molar-refractivity contribution < 1.29 is 19.5 Å². The molecular weight excluding hydrogens is 314 g/mol. The van der Waals surface area contributed by atoms with Crippen molar-refractivity contribution in [3.63, 3.8) is 0 Å². The molecule has 0 aliphatic heterocycles. The van der Waals surface area contributed by atoms with E-state index in [0.717, 1.165) is 35.7 Å².